The standard InChI is InChI=1S/C20H23N3O2/c1-13-8-9-15(10-14(13)2)22-20(25)21-11-19(24)17-12-23(3)18-7-5-4-6-16(17)18/h4-10,12,19,24H,11H2,1-3H3,(H2,21,22,25). The Morgan fingerprint density at radius 2 is 1.92 bits per heavy atom. The molecule has 0 aliphatic rings. The van der Waals surface area contributed by atoms with Gasteiger partial charge >= 0.3 is 6.03 Å². The lowest BCUT2D eigenvalue weighted by atomic mass is 10.1. The van der Waals surface area contributed by atoms with E-state index in [2.05, 4.69) is 10.6 Å². The third kappa shape index (κ3) is 3.67. The van der Waals surface area contributed by atoms with Crippen molar-refractivity contribution < 1.29 is 9.90 Å². The number of hydrogen-bond donors (Lipinski definition) is 3. The van der Waals surface area contributed by atoms with Crippen LogP contribution in [0, 0.1) is 13.8 Å². The average Bonchev–Trinajstić information content (AvgIpc) is 2.93. The molecule has 3 rings (SSSR count). The van der Waals surface area contributed by atoms with Gasteiger partial charge in [-0.25, -0.2) is 4.79 Å². The average molecular weight is 337 g/mol. The molecule has 2 amide bonds. The smallest absolute Gasteiger partial charge is 0.319 e. The van der Waals surface area contributed by atoms with Crippen molar-refractivity contribution in [3.05, 3.63) is 65.4 Å². The van der Waals surface area contributed by atoms with E-state index in [-0.39, 0.29) is 12.6 Å². The van der Waals surface area contributed by atoms with Crippen molar-refractivity contribution in [1.82, 2.24) is 9.88 Å². The lowest BCUT2D eigenvalue weighted by Gasteiger charge is -2.13. The summed E-state index contributed by atoms with van der Waals surface area (Å²) in [4.78, 5) is 12.1. The molecule has 2 aromatic carbocycles. The number of para-hydroxylation sites is 1. The molecule has 0 aliphatic heterocycles. The summed E-state index contributed by atoms with van der Waals surface area (Å²) >= 11 is 0. The molecular formula is C20H23N3O2. The Balaban J connectivity index is 1.64. The van der Waals surface area contributed by atoms with Gasteiger partial charge in [-0.3, -0.25) is 0 Å². The van der Waals surface area contributed by atoms with E-state index in [0.29, 0.717) is 0 Å². The summed E-state index contributed by atoms with van der Waals surface area (Å²) in [5.74, 6) is 0. The lowest BCUT2D eigenvalue weighted by Crippen LogP contribution is -2.32. The number of aliphatic hydroxyl groups is 1. The molecule has 1 heterocycles. The van der Waals surface area contributed by atoms with Crippen LogP contribution >= 0.6 is 0 Å². The van der Waals surface area contributed by atoms with Crippen molar-refractivity contribution in [2.45, 2.75) is 20.0 Å². The Bertz CT molecular complexity index is 914. The van der Waals surface area contributed by atoms with E-state index in [9.17, 15) is 9.90 Å². The van der Waals surface area contributed by atoms with E-state index in [1.54, 1.807) is 0 Å². The van der Waals surface area contributed by atoms with Crippen LogP contribution in [0.2, 0.25) is 0 Å². The van der Waals surface area contributed by atoms with Crippen molar-refractivity contribution in [2.75, 3.05) is 11.9 Å². The number of aryl methyl sites for hydroxylation is 3. The van der Waals surface area contributed by atoms with Crippen molar-refractivity contribution >= 4 is 22.6 Å². The van der Waals surface area contributed by atoms with Gasteiger partial charge in [-0.2, -0.15) is 0 Å². The number of hydrogen-bond acceptors (Lipinski definition) is 2. The molecule has 0 spiro atoms. The summed E-state index contributed by atoms with van der Waals surface area (Å²) in [6.07, 6.45) is 1.13. The Labute approximate surface area is 147 Å². The van der Waals surface area contributed by atoms with E-state index < -0.39 is 6.10 Å². The Hall–Kier alpha value is -2.79. The third-order valence-electron chi connectivity index (χ3n) is 4.51. The molecule has 0 saturated carbocycles. The molecule has 0 radical (unpaired) electrons. The molecule has 3 N–H and O–H groups in total. The number of fused-ring (bicyclic) bond motifs is 1. The number of rotatable bonds is 4. The predicted molar refractivity (Wildman–Crippen MR) is 101 cm³/mol. The minimum Gasteiger partial charge on any atom is -0.386 e. The highest BCUT2D eigenvalue weighted by Gasteiger charge is 2.15. The fourth-order valence-corrected chi connectivity index (χ4v) is 2.93. The number of benzene rings is 2. The monoisotopic (exact) mass is 337 g/mol. The number of aliphatic hydroxyl groups excluding tert-OH is 1. The number of nitrogens with zero attached hydrogens (tertiary/aromatic N) is 1. The molecule has 1 unspecified atom stereocenters. The highest BCUT2D eigenvalue weighted by molar-refractivity contribution is 5.89. The second-order valence-corrected chi connectivity index (χ2v) is 6.36. The number of amides is 2. The van der Waals surface area contributed by atoms with Gasteiger partial charge in [-0.15, -0.1) is 0 Å². The largest absolute Gasteiger partial charge is 0.386 e. The third-order valence-corrected chi connectivity index (χ3v) is 4.51. The minimum absolute atomic E-state index is 0.144. The maximum atomic E-state index is 12.1. The van der Waals surface area contributed by atoms with Crippen LogP contribution in [0.15, 0.2) is 48.7 Å². The fourth-order valence-electron chi connectivity index (χ4n) is 2.93. The fraction of sp³-hybridized carbons (Fsp3) is 0.250. The first-order chi connectivity index (χ1) is 12.0. The number of nitrogens with one attached hydrogen (secondary N) is 2. The topological polar surface area (TPSA) is 66.3 Å². The number of carbonyl (C=O) groups is 1. The van der Waals surface area contributed by atoms with Crippen LogP contribution < -0.4 is 10.6 Å². The van der Waals surface area contributed by atoms with Crippen LogP contribution in [0.3, 0.4) is 0 Å². The molecule has 130 valence electrons. The predicted octanol–water partition coefficient (Wildman–Crippen LogP) is 3.65. The molecule has 3 aromatic rings. The van der Waals surface area contributed by atoms with E-state index in [4.69, 9.17) is 0 Å². The second kappa shape index (κ2) is 6.99. The maximum Gasteiger partial charge on any atom is 0.319 e. The first-order valence-electron chi connectivity index (χ1n) is 8.30. The van der Waals surface area contributed by atoms with Gasteiger partial charge in [0, 0.05) is 41.9 Å². The Kier molecular flexibility index (Phi) is 4.76. The lowest BCUT2D eigenvalue weighted by molar-refractivity contribution is 0.176. The Morgan fingerprint density at radius 1 is 1.16 bits per heavy atom. The van der Waals surface area contributed by atoms with Gasteiger partial charge in [0.2, 0.25) is 0 Å². The normalized spacial score (nSPS) is 12.2. The highest BCUT2D eigenvalue weighted by Crippen LogP contribution is 2.25. The van der Waals surface area contributed by atoms with Gasteiger partial charge in [0.05, 0.1) is 6.10 Å². The zero-order chi connectivity index (χ0) is 18.0. The SMILES string of the molecule is Cc1ccc(NC(=O)NCC(O)c2cn(C)c3ccccc23)cc1C. The summed E-state index contributed by atoms with van der Waals surface area (Å²) in [5.41, 5.74) is 4.90. The number of anilines is 1. The number of urea groups is 1. The molecule has 1 aromatic heterocycles. The molecule has 0 fully saturated rings. The van der Waals surface area contributed by atoms with E-state index in [1.807, 2.05) is 74.1 Å². The van der Waals surface area contributed by atoms with Crippen molar-refractivity contribution in [3.8, 4) is 0 Å². The van der Waals surface area contributed by atoms with Crippen molar-refractivity contribution in [3.63, 3.8) is 0 Å². The van der Waals surface area contributed by atoms with Crippen molar-refractivity contribution in [2.24, 2.45) is 7.05 Å². The molecule has 1 atom stereocenters. The van der Waals surface area contributed by atoms with Crippen LogP contribution in [-0.2, 0) is 7.05 Å². The summed E-state index contributed by atoms with van der Waals surface area (Å²) in [7, 11) is 1.94. The van der Waals surface area contributed by atoms with Gasteiger partial charge in [0.15, 0.2) is 0 Å². The van der Waals surface area contributed by atoms with Crippen LogP contribution in [-0.4, -0.2) is 22.2 Å². The molecule has 25 heavy (non-hydrogen) atoms. The summed E-state index contributed by atoms with van der Waals surface area (Å²) in [5, 5.41) is 17.0. The quantitative estimate of drug-likeness (QED) is 0.680. The van der Waals surface area contributed by atoms with Gasteiger partial charge in [-0.1, -0.05) is 24.3 Å². The summed E-state index contributed by atoms with van der Waals surface area (Å²) in [6.45, 7) is 4.17. The van der Waals surface area contributed by atoms with Crippen LogP contribution in [0.4, 0.5) is 10.5 Å². The Morgan fingerprint density at radius 3 is 2.68 bits per heavy atom. The number of carbonyl (C=O) groups excluding carboxylic acids is 1. The van der Waals surface area contributed by atoms with Crippen LogP contribution in [0.5, 0.6) is 0 Å². The van der Waals surface area contributed by atoms with Gasteiger partial charge in [0.25, 0.3) is 0 Å². The van der Waals surface area contributed by atoms with E-state index in [1.165, 1.54) is 5.56 Å². The highest BCUT2D eigenvalue weighted by atomic mass is 16.3. The van der Waals surface area contributed by atoms with Crippen molar-refractivity contribution in [1.29, 1.82) is 0 Å². The molecule has 0 saturated heterocycles. The van der Waals surface area contributed by atoms with Crippen LogP contribution in [0.25, 0.3) is 10.9 Å². The second-order valence-electron chi connectivity index (χ2n) is 6.36. The zero-order valence-corrected chi connectivity index (χ0v) is 14.7. The van der Waals surface area contributed by atoms with Gasteiger partial charge in [-0.05, 0) is 43.2 Å². The molecule has 5 nitrogen and oxygen atoms in total. The first kappa shape index (κ1) is 17.0. The minimum atomic E-state index is -0.767. The zero-order valence-electron chi connectivity index (χ0n) is 14.7. The van der Waals surface area contributed by atoms with Gasteiger partial charge in [0.1, 0.15) is 0 Å². The summed E-state index contributed by atoms with van der Waals surface area (Å²) in [6, 6.07) is 13.3. The van der Waals surface area contributed by atoms with Crippen LogP contribution in [0.1, 0.15) is 22.8 Å². The molecule has 0 bridgehead atoms. The molecular weight excluding hydrogens is 314 g/mol. The molecule has 0 aliphatic carbocycles. The number of aromatic nitrogens is 1. The van der Waals surface area contributed by atoms with Gasteiger partial charge < -0.3 is 20.3 Å². The van der Waals surface area contributed by atoms with E-state index in [0.717, 1.165) is 27.7 Å². The maximum absolute atomic E-state index is 12.1. The van der Waals surface area contributed by atoms with E-state index >= 15 is 0 Å². The first-order valence-corrected chi connectivity index (χ1v) is 8.30. The summed E-state index contributed by atoms with van der Waals surface area (Å²) < 4.78 is 1.98. The molecule has 5 heteroatoms.